The molecule has 1 heterocycles. The van der Waals surface area contributed by atoms with Crippen LogP contribution in [0.2, 0.25) is 0 Å². The van der Waals surface area contributed by atoms with Gasteiger partial charge in [0.2, 0.25) is 5.91 Å². The van der Waals surface area contributed by atoms with Crippen LogP contribution in [0.15, 0.2) is 82.7 Å². The van der Waals surface area contributed by atoms with Crippen LogP contribution in [-0.2, 0) is 11.4 Å². The molecule has 1 amide bonds. The third-order valence-corrected chi connectivity index (χ3v) is 6.36. The zero-order chi connectivity index (χ0) is 25.5. The van der Waals surface area contributed by atoms with E-state index in [1.165, 1.54) is 29.5 Å². The van der Waals surface area contributed by atoms with Gasteiger partial charge in [0.05, 0.1) is 22.2 Å². The Hall–Kier alpha value is -4.02. The first-order chi connectivity index (χ1) is 17.4. The molecule has 3 aromatic carbocycles. The number of hydrogen-bond donors (Lipinski definition) is 1. The number of hydrogen-bond acceptors (Lipinski definition) is 7. The highest BCUT2D eigenvalue weighted by Crippen LogP contribution is 2.37. The monoisotopic (exact) mass is 565 g/mol. The molecule has 0 saturated carbocycles. The zero-order valence-electron chi connectivity index (χ0n) is 19.0. The number of methoxy groups -OCH3 is 1. The van der Waals surface area contributed by atoms with E-state index in [4.69, 9.17) is 9.47 Å². The summed E-state index contributed by atoms with van der Waals surface area (Å²) in [6, 6.07) is 19.5. The first kappa shape index (κ1) is 25.1. The van der Waals surface area contributed by atoms with E-state index >= 15 is 0 Å². The summed E-state index contributed by atoms with van der Waals surface area (Å²) in [4.78, 5) is 27.2. The third kappa shape index (κ3) is 6.35. The average Bonchev–Trinajstić information content (AvgIpc) is 3.35. The number of ether oxygens (including phenoxy) is 2. The SMILES string of the molecule is COc1cc(/C=C/C(=O)Nc2nc(-c3ccc([N+](=O)[O-])cc3)cs2)cc(Br)c1OCc1ccccc1. The molecule has 0 aliphatic rings. The van der Waals surface area contributed by atoms with E-state index in [0.29, 0.717) is 33.4 Å². The summed E-state index contributed by atoms with van der Waals surface area (Å²) in [5.74, 6) is 0.761. The van der Waals surface area contributed by atoms with Gasteiger partial charge in [0.1, 0.15) is 6.61 Å². The molecule has 8 nitrogen and oxygen atoms in total. The second-order valence-electron chi connectivity index (χ2n) is 7.47. The summed E-state index contributed by atoms with van der Waals surface area (Å²) in [6.45, 7) is 0.392. The second kappa shape index (κ2) is 11.6. The highest BCUT2D eigenvalue weighted by molar-refractivity contribution is 9.10. The Morgan fingerprint density at radius 2 is 1.92 bits per heavy atom. The summed E-state index contributed by atoms with van der Waals surface area (Å²) in [6.07, 6.45) is 3.06. The number of non-ortho nitro benzene ring substituents is 1. The summed E-state index contributed by atoms with van der Waals surface area (Å²) < 4.78 is 12.1. The molecule has 0 unspecified atom stereocenters. The molecule has 0 fully saturated rings. The van der Waals surface area contributed by atoms with Gasteiger partial charge in [-0.25, -0.2) is 4.98 Å². The van der Waals surface area contributed by atoms with E-state index in [1.807, 2.05) is 36.4 Å². The first-order valence-electron chi connectivity index (χ1n) is 10.7. The summed E-state index contributed by atoms with van der Waals surface area (Å²) >= 11 is 4.79. The standard InChI is InChI=1S/C26H20BrN3O5S/c1-34-23-14-18(13-21(27)25(23)35-15-17-5-3-2-4-6-17)7-12-24(31)29-26-28-22(16-36-26)19-8-10-20(11-9-19)30(32)33/h2-14,16H,15H2,1H3,(H,28,29,31)/b12-7+. The number of thiazole rings is 1. The largest absolute Gasteiger partial charge is 0.493 e. The Morgan fingerprint density at radius 1 is 1.17 bits per heavy atom. The maximum atomic E-state index is 12.4. The van der Waals surface area contributed by atoms with E-state index in [2.05, 4.69) is 26.2 Å². The van der Waals surface area contributed by atoms with Crippen molar-refractivity contribution < 1.29 is 19.2 Å². The third-order valence-electron chi connectivity index (χ3n) is 5.01. The molecule has 4 aromatic rings. The van der Waals surface area contributed by atoms with E-state index in [1.54, 1.807) is 36.8 Å². The van der Waals surface area contributed by atoms with Crippen molar-refractivity contribution in [2.24, 2.45) is 0 Å². The van der Waals surface area contributed by atoms with Crippen LogP contribution in [0, 0.1) is 10.1 Å². The van der Waals surface area contributed by atoms with Gasteiger partial charge in [-0.15, -0.1) is 11.3 Å². The van der Waals surface area contributed by atoms with Crippen LogP contribution in [0.1, 0.15) is 11.1 Å². The maximum absolute atomic E-state index is 12.4. The average molecular weight is 566 g/mol. The number of nitro benzene ring substituents is 1. The number of halogens is 1. The molecular weight excluding hydrogens is 546 g/mol. The van der Waals surface area contributed by atoms with Crippen molar-refractivity contribution in [3.63, 3.8) is 0 Å². The molecular formula is C26H20BrN3O5S. The molecule has 0 bridgehead atoms. The number of carbonyl (C=O) groups excluding carboxylic acids is 1. The van der Waals surface area contributed by atoms with Crippen molar-refractivity contribution in [3.8, 4) is 22.8 Å². The molecule has 36 heavy (non-hydrogen) atoms. The van der Waals surface area contributed by atoms with Crippen LogP contribution in [0.3, 0.4) is 0 Å². The minimum Gasteiger partial charge on any atom is -0.493 e. The highest BCUT2D eigenvalue weighted by Gasteiger charge is 2.12. The Kier molecular flexibility index (Phi) is 8.09. The van der Waals surface area contributed by atoms with Crippen molar-refractivity contribution in [1.29, 1.82) is 0 Å². The molecule has 0 radical (unpaired) electrons. The molecule has 10 heteroatoms. The maximum Gasteiger partial charge on any atom is 0.269 e. The van der Waals surface area contributed by atoms with Gasteiger partial charge in [0, 0.05) is 29.2 Å². The van der Waals surface area contributed by atoms with Crippen LogP contribution in [0.4, 0.5) is 10.8 Å². The summed E-state index contributed by atoms with van der Waals surface area (Å²) in [5.41, 5.74) is 3.12. The number of nitrogens with zero attached hydrogens (tertiary/aromatic N) is 2. The fraction of sp³-hybridized carbons (Fsp3) is 0.0769. The number of amides is 1. The van der Waals surface area contributed by atoms with Gasteiger partial charge in [-0.2, -0.15) is 0 Å². The van der Waals surface area contributed by atoms with Gasteiger partial charge in [0.25, 0.3) is 5.69 Å². The molecule has 0 saturated heterocycles. The molecule has 0 aliphatic carbocycles. The van der Waals surface area contributed by atoms with Gasteiger partial charge in [0.15, 0.2) is 16.6 Å². The molecule has 0 spiro atoms. The van der Waals surface area contributed by atoms with Crippen LogP contribution in [0.5, 0.6) is 11.5 Å². The lowest BCUT2D eigenvalue weighted by Crippen LogP contribution is -2.07. The van der Waals surface area contributed by atoms with Crippen LogP contribution >= 0.6 is 27.3 Å². The first-order valence-corrected chi connectivity index (χ1v) is 12.3. The Bertz CT molecular complexity index is 1410. The number of nitrogens with one attached hydrogen (secondary N) is 1. The Labute approximate surface area is 219 Å². The topological polar surface area (TPSA) is 104 Å². The van der Waals surface area contributed by atoms with E-state index in [0.717, 1.165) is 16.7 Å². The normalized spacial score (nSPS) is 10.8. The molecule has 4 rings (SSSR count). The zero-order valence-corrected chi connectivity index (χ0v) is 21.4. The lowest BCUT2D eigenvalue weighted by Gasteiger charge is -2.13. The number of rotatable bonds is 9. The number of anilines is 1. The van der Waals surface area contributed by atoms with Gasteiger partial charge in [-0.05, 0) is 57.4 Å². The van der Waals surface area contributed by atoms with Crippen molar-refractivity contribution in [1.82, 2.24) is 4.98 Å². The van der Waals surface area contributed by atoms with Crippen molar-refractivity contribution in [2.45, 2.75) is 6.61 Å². The lowest BCUT2D eigenvalue weighted by molar-refractivity contribution is -0.384. The lowest BCUT2D eigenvalue weighted by atomic mass is 10.1. The molecule has 1 N–H and O–H groups in total. The van der Waals surface area contributed by atoms with Crippen LogP contribution in [-0.4, -0.2) is 22.9 Å². The highest BCUT2D eigenvalue weighted by atomic mass is 79.9. The smallest absolute Gasteiger partial charge is 0.269 e. The second-order valence-corrected chi connectivity index (χ2v) is 9.19. The van der Waals surface area contributed by atoms with Gasteiger partial charge in [-0.3, -0.25) is 20.2 Å². The number of benzene rings is 3. The molecule has 0 aliphatic heterocycles. The summed E-state index contributed by atoms with van der Waals surface area (Å²) in [5, 5.41) is 15.7. The number of carbonyl (C=O) groups is 1. The predicted molar refractivity (Wildman–Crippen MR) is 143 cm³/mol. The van der Waals surface area contributed by atoms with Gasteiger partial charge < -0.3 is 9.47 Å². The molecule has 182 valence electrons. The van der Waals surface area contributed by atoms with Gasteiger partial charge >= 0.3 is 0 Å². The van der Waals surface area contributed by atoms with Crippen molar-refractivity contribution in [3.05, 3.63) is 104 Å². The fourth-order valence-corrected chi connectivity index (χ4v) is 4.54. The van der Waals surface area contributed by atoms with Crippen molar-refractivity contribution in [2.75, 3.05) is 12.4 Å². The van der Waals surface area contributed by atoms with E-state index in [-0.39, 0.29) is 11.6 Å². The molecule has 1 aromatic heterocycles. The summed E-state index contributed by atoms with van der Waals surface area (Å²) in [7, 11) is 1.56. The van der Waals surface area contributed by atoms with E-state index < -0.39 is 4.92 Å². The van der Waals surface area contributed by atoms with Gasteiger partial charge in [-0.1, -0.05) is 30.3 Å². The number of nitro groups is 1. The predicted octanol–water partition coefficient (Wildman–Crippen LogP) is 6.72. The Balaban J connectivity index is 1.40. The van der Waals surface area contributed by atoms with Crippen LogP contribution < -0.4 is 14.8 Å². The Morgan fingerprint density at radius 3 is 2.61 bits per heavy atom. The quantitative estimate of drug-likeness (QED) is 0.137. The van der Waals surface area contributed by atoms with E-state index in [9.17, 15) is 14.9 Å². The minimum absolute atomic E-state index is 0.00620. The fourth-order valence-electron chi connectivity index (χ4n) is 3.24. The van der Waals surface area contributed by atoms with Crippen LogP contribution in [0.25, 0.3) is 17.3 Å². The minimum atomic E-state index is -0.456. The number of aromatic nitrogens is 1. The van der Waals surface area contributed by atoms with Crippen molar-refractivity contribution >= 4 is 50.1 Å². The molecule has 0 atom stereocenters.